The molecular formula is C16H22O2. The molecule has 2 heteroatoms. The molecule has 18 heavy (non-hydrogen) atoms. The predicted molar refractivity (Wildman–Crippen MR) is 72.7 cm³/mol. The topological polar surface area (TPSA) is 37.3 Å². The average Bonchev–Trinajstić information content (AvgIpc) is 2.28. The second-order valence-electron chi connectivity index (χ2n) is 5.69. The molecule has 98 valence electrons. The number of aliphatic hydroxyl groups is 1. The van der Waals surface area contributed by atoms with Crippen LogP contribution in [0.1, 0.15) is 48.8 Å². The molecule has 1 aromatic rings. The summed E-state index contributed by atoms with van der Waals surface area (Å²) in [4.78, 5) is 12.3. The predicted octanol–water partition coefficient (Wildman–Crippen LogP) is 3.11. The van der Waals surface area contributed by atoms with Crippen LogP contribution in [-0.4, -0.2) is 16.5 Å². The van der Waals surface area contributed by atoms with Gasteiger partial charge in [-0.25, -0.2) is 0 Å². The molecular weight excluding hydrogens is 224 g/mol. The highest BCUT2D eigenvalue weighted by atomic mass is 16.3. The number of benzene rings is 1. The maximum absolute atomic E-state index is 12.3. The SMILES string of the molecule is Cc1cc(C)cc(CC(=O)C2(O)CCCCC2)c1. The van der Waals surface area contributed by atoms with Gasteiger partial charge >= 0.3 is 0 Å². The molecule has 0 spiro atoms. The minimum Gasteiger partial charge on any atom is -0.382 e. The number of hydrogen-bond acceptors (Lipinski definition) is 2. The second kappa shape index (κ2) is 5.23. The van der Waals surface area contributed by atoms with Gasteiger partial charge in [0, 0.05) is 6.42 Å². The van der Waals surface area contributed by atoms with Gasteiger partial charge in [0.1, 0.15) is 5.60 Å². The van der Waals surface area contributed by atoms with E-state index in [9.17, 15) is 9.90 Å². The van der Waals surface area contributed by atoms with Crippen LogP contribution in [0, 0.1) is 13.8 Å². The largest absolute Gasteiger partial charge is 0.382 e. The lowest BCUT2D eigenvalue weighted by Crippen LogP contribution is -2.41. The van der Waals surface area contributed by atoms with Crippen LogP contribution < -0.4 is 0 Å². The van der Waals surface area contributed by atoms with Gasteiger partial charge in [-0.05, 0) is 32.3 Å². The van der Waals surface area contributed by atoms with Crippen molar-refractivity contribution >= 4 is 5.78 Å². The van der Waals surface area contributed by atoms with Crippen molar-refractivity contribution in [1.82, 2.24) is 0 Å². The number of ketones is 1. The van der Waals surface area contributed by atoms with Gasteiger partial charge in [-0.3, -0.25) is 4.79 Å². The van der Waals surface area contributed by atoms with Crippen LogP contribution in [0.2, 0.25) is 0 Å². The first kappa shape index (κ1) is 13.3. The van der Waals surface area contributed by atoms with Crippen molar-refractivity contribution in [3.63, 3.8) is 0 Å². The van der Waals surface area contributed by atoms with E-state index in [4.69, 9.17) is 0 Å². The third-order valence-corrected chi connectivity index (χ3v) is 3.85. The van der Waals surface area contributed by atoms with Crippen molar-refractivity contribution in [3.8, 4) is 0 Å². The van der Waals surface area contributed by atoms with Crippen molar-refractivity contribution in [3.05, 3.63) is 34.9 Å². The Balaban J connectivity index is 2.10. The minimum atomic E-state index is -1.06. The zero-order chi connectivity index (χ0) is 13.2. The number of aryl methyl sites for hydroxylation is 2. The Morgan fingerprint density at radius 2 is 1.67 bits per heavy atom. The highest BCUT2D eigenvalue weighted by Crippen LogP contribution is 2.30. The maximum atomic E-state index is 12.3. The zero-order valence-corrected chi connectivity index (χ0v) is 11.3. The van der Waals surface area contributed by atoms with E-state index in [0.29, 0.717) is 19.3 Å². The van der Waals surface area contributed by atoms with E-state index in [-0.39, 0.29) is 5.78 Å². The van der Waals surface area contributed by atoms with Gasteiger partial charge in [0.2, 0.25) is 0 Å². The summed E-state index contributed by atoms with van der Waals surface area (Å²) in [7, 11) is 0. The first-order valence-corrected chi connectivity index (χ1v) is 6.82. The van der Waals surface area contributed by atoms with Crippen LogP contribution in [0.4, 0.5) is 0 Å². The van der Waals surface area contributed by atoms with E-state index < -0.39 is 5.60 Å². The number of rotatable bonds is 3. The second-order valence-corrected chi connectivity index (χ2v) is 5.69. The molecule has 0 saturated heterocycles. The molecule has 1 aliphatic carbocycles. The molecule has 0 aliphatic heterocycles. The van der Waals surface area contributed by atoms with Gasteiger partial charge < -0.3 is 5.11 Å². The Kier molecular flexibility index (Phi) is 3.86. The van der Waals surface area contributed by atoms with Crippen LogP contribution >= 0.6 is 0 Å². The third-order valence-electron chi connectivity index (χ3n) is 3.85. The number of hydrogen-bond donors (Lipinski definition) is 1. The third kappa shape index (κ3) is 2.99. The summed E-state index contributed by atoms with van der Waals surface area (Å²) in [5.74, 6) is -0.00722. The molecule has 0 amide bonds. The van der Waals surface area contributed by atoms with E-state index in [2.05, 4.69) is 6.07 Å². The van der Waals surface area contributed by atoms with Gasteiger partial charge in [0.15, 0.2) is 5.78 Å². The van der Waals surface area contributed by atoms with Gasteiger partial charge in [-0.1, -0.05) is 48.6 Å². The lowest BCUT2D eigenvalue weighted by Gasteiger charge is -2.30. The standard InChI is InChI=1S/C16H22O2/c1-12-8-13(2)10-14(9-12)11-15(17)16(18)6-4-3-5-7-16/h8-10,18H,3-7,11H2,1-2H3. The van der Waals surface area contributed by atoms with Gasteiger partial charge in [0.05, 0.1) is 0 Å². The van der Waals surface area contributed by atoms with E-state index >= 15 is 0 Å². The summed E-state index contributed by atoms with van der Waals surface area (Å²) in [6, 6.07) is 6.18. The highest BCUT2D eigenvalue weighted by molar-refractivity contribution is 5.89. The molecule has 2 nitrogen and oxygen atoms in total. The van der Waals surface area contributed by atoms with E-state index in [0.717, 1.165) is 24.8 Å². The summed E-state index contributed by atoms with van der Waals surface area (Å²) >= 11 is 0. The fourth-order valence-corrected chi connectivity index (χ4v) is 2.94. The lowest BCUT2D eigenvalue weighted by molar-refractivity contribution is -0.139. The molecule has 0 bridgehead atoms. The summed E-state index contributed by atoms with van der Waals surface area (Å²) in [6.45, 7) is 4.08. The van der Waals surface area contributed by atoms with Crippen molar-refractivity contribution in [2.75, 3.05) is 0 Å². The van der Waals surface area contributed by atoms with Crippen LogP contribution in [0.25, 0.3) is 0 Å². The van der Waals surface area contributed by atoms with E-state index in [1.54, 1.807) is 0 Å². The van der Waals surface area contributed by atoms with Crippen molar-refractivity contribution < 1.29 is 9.90 Å². The molecule has 0 heterocycles. The van der Waals surface area contributed by atoms with Crippen LogP contribution in [0.15, 0.2) is 18.2 Å². The van der Waals surface area contributed by atoms with Gasteiger partial charge in [-0.2, -0.15) is 0 Å². The summed E-state index contributed by atoms with van der Waals surface area (Å²) in [5.41, 5.74) is 2.31. The molecule has 0 radical (unpaired) electrons. The quantitative estimate of drug-likeness (QED) is 0.889. The monoisotopic (exact) mass is 246 g/mol. The van der Waals surface area contributed by atoms with Crippen molar-refractivity contribution in [2.45, 2.75) is 58.0 Å². The van der Waals surface area contributed by atoms with Crippen molar-refractivity contribution in [2.24, 2.45) is 0 Å². The zero-order valence-electron chi connectivity index (χ0n) is 11.3. The van der Waals surface area contributed by atoms with E-state index in [1.807, 2.05) is 26.0 Å². The lowest BCUT2D eigenvalue weighted by atomic mass is 9.80. The molecule has 0 unspecified atom stereocenters. The molecule has 1 N–H and O–H groups in total. The average molecular weight is 246 g/mol. The Hall–Kier alpha value is -1.15. The Morgan fingerprint density at radius 1 is 1.11 bits per heavy atom. The fraction of sp³-hybridized carbons (Fsp3) is 0.562. The summed E-state index contributed by atoms with van der Waals surface area (Å²) in [5, 5.41) is 10.4. The van der Waals surface area contributed by atoms with E-state index in [1.165, 1.54) is 11.1 Å². The Morgan fingerprint density at radius 3 is 2.22 bits per heavy atom. The van der Waals surface area contributed by atoms with Crippen LogP contribution in [0.3, 0.4) is 0 Å². The highest BCUT2D eigenvalue weighted by Gasteiger charge is 2.36. The molecule has 2 rings (SSSR count). The van der Waals surface area contributed by atoms with Crippen molar-refractivity contribution in [1.29, 1.82) is 0 Å². The summed E-state index contributed by atoms with van der Waals surface area (Å²) in [6.07, 6.45) is 4.70. The number of carbonyl (C=O) groups is 1. The van der Waals surface area contributed by atoms with Crippen LogP contribution in [0.5, 0.6) is 0 Å². The molecule has 1 aromatic carbocycles. The number of carbonyl (C=O) groups excluding carboxylic acids is 1. The first-order chi connectivity index (χ1) is 8.49. The fourth-order valence-electron chi connectivity index (χ4n) is 2.94. The molecule has 0 atom stereocenters. The maximum Gasteiger partial charge on any atom is 0.168 e. The molecule has 1 fully saturated rings. The summed E-state index contributed by atoms with van der Waals surface area (Å²) < 4.78 is 0. The van der Waals surface area contributed by atoms with Crippen LogP contribution in [-0.2, 0) is 11.2 Å². The number of Topliss-reactive ketones (excluding diaryl/α,β-unsaturated/α-hetero) is 1. The molecule has 1 aliphatic rings. The van der Waals surface area contributed by atoms with Gasteiger partial charge in [0.25, 0.3) is 0 Å². The minimum absolute atomic E-state index is 0.00722. The smallest absolute Gasteiger partial charge is 0.168 e. The molecule has 1 saturated carbocycles. The first-order valence-electron chi connectivity index (χ1n) is 6.82. The van der Waals surface area contributed by atoms with Gasteiger partial charge in [-0.15, -0.1) is 0 Å². The Labute approximate surface area is 109 Å². The molecule has 0 aromatic heterocycles. The normalized spacial score (nSPS) is 18.6. The Bertz CT molecular complexity index is 422.